The molecule has 3 aromatic rings. The van der Waals surface area contributed by atoms with Gasteiger partial charge < -0.3 is 4.74 Å². The molecule has 20 heavy (non-hydrogen) atoms. The summed E-state index contributed by atoms with van der Waals surface area (Å²) in [4.78, 5) is 11.6. The number of benzene rings is 1. The Bertz CT molecular complexity index is 857. The van der Waals surface area contributed by atoms with Crippen molar-refractivity contribution >= 4 is 21.4 Å². The van der Waals surface area contributed by atoms with Crippen LogP contribution in [0, 0.1) is 11.6 Å². The maximum absolute atomic E-state index is 13.6. The number of nitrogens with zero attached hydrogens (tertiary/aromatic N) is 1. The molecule has 1 N–H and O–H groups in total. The highest BCUT2D eigenvalue weighted by atomic mass is 32.1. The normalized spacial score (nSPS) is 10.9. The molecule has 2 aromatic heterocycles. The average molecular weight is 294 g/mol. The maximum Gasteiger partial charge on any atom is 0.275 e. The highest BCUT2D eigenvalue weighted by Gasteiger charge is 2.17. The third-order valence-electron chi connectivity index (χ3n) is 2.88. The van der Waals surface area contributed by atoms with E-state index in [1.54, 1.807) is 0 Å². The molecule has 2 heterocycles. The van der Waals surface area contributed by atoms with E-state index in [0.29, 0.717) is 16.0 Å². The minimum atomic E-state index is -0.601. The van der Waals surface area contributed by atoms with Crippen molar-refractivity contribution < 1.29 is 13.5 Å². The molecule has 0 spiro atoms. The van der Waals surface area contributed by atoms with Crippen molar-refractivity contribution in [2.24, 2.45) is 0 Å². The fourth-order valence-electron chi connectivity index (χ4n) is 1.98. The van der Waals surface area contributed by atoms with Gasteiger partial charge >= 0.3 is 0 Å². The zero-order valence-corrected chi connectivity index (χ0v) is 11.1. The number of H-pyrrole nitrogens is 1. The van der Waals surface area contributed by atoms with Crippen LogP contribution in [0.4, 0.5) is 8.78 Å². The molecule has 0 aliphatic rings. The van der Waals surface area contributed by atoms with E-state index in [0.717, 1.165) is 11.3 Å². The van der Waals surface area contributed by atoms with E-state index < -0.39 is 17.2 Å². The van der Waals surface area contributed by atoms with Crippen molar-refractivity contribution in [3.63, 3.8) is 0 Å². The third kappa shape index (κ3) is 1.87. The van der Waals surface area contributed by atoms with E-state index in [1.807, 2.05) is 0 Å². The lowest BCUT2D eigenvalue weighted by molar-refractivity contribution is 0.413. The van der Waals surface area contributed by atoms with E-state index in [2.05, 4.69) is 10.2 Å². The van der Waals surface area contributed by atoms with Crippen LogP contribution in [-0.4, -0.2) is 17.3 Å². The van der Waals surface area contributed by atoms with E-state index in [4.69, 9.17) is 4.74 Å². The zero-order chi connectivity index (χ0) is 14.3. The molecule has 0 radical (unpaired) electrons. The van der Waals surface area contributed by atoms with Crippen LogP contribution in [0.25, 0.3) is 21.3 Å². The standard InChI is InChI=1S/C13H8F2N2O2S/c1-19-9-4-6(14)2-3-7(9)11-12-10(8(15)5-20-12)13(18)17-16-11/h2-5H,1H3,(H,17,18). The van der Waals surface area contributed by atoms with Gasteiger partial charge in [0.25, 0.3) is 5.56 Å². The Morgan fingerprint density at radius 1 is 1.35 bits per heavy atom. The Morgan fingerprint density at radius 3 is 2.90 bits per heavy atom. The van der Waals surface area contributed by atoms with Crippen LogP contribution >= 0.6 is 11.3 Å². The summed E-state index contributed by atoms with van der Waals surface area (Å²) < 4.78 is 32.3. The van der Waals surface area contributed by atoms with E-state index >= 15 is 0 Å². The molecule has 102 valence electrons. The van der Waals surface area contributed by atoms with Gasteiger partial charge in [-0.3, -0.25) is 4.79 Å². The van der Waals surface area contributed by atoms with Crippen LogP contribution in [0.2, 0.25) is 0 Å². The maximum atomic E-state index is 13.6. The molecule has 0 saturated carbocycles. The molecule has 3 rings (SSSR count). The van der Waals surface area contributed by atoms with Crippen LogP contribution < -0.4 is 10.3 Å². The number of aromatic nitrogens is 2. The number of nitrogens with one attached hydrogen (secondary N) is 1. The topological polar surface area (TPSA) is 55.0 Å². The fraction of sp³-hybridized carbons (Fsp3) is 0.0769. The Hall–Kier alpha value is -2.28. The predicted molar refractivity (Wildman–Crippen MR) is 72.1 cm³/mol. The van der Waals surface area contributed by atoms with Gasteiger partial charge in [-0.25, -0.2) is 13.9 Å². The molecule has 0 fully saturated rings. The predicted octanol–water partition coefficient (Wildman–Crippen LogP) is 2.94. The molecule has 4 nitrogen and oxygen atoms in total. The third-order valence-corrected chi connectivity index (χ3v) is 3.83. The van der Waals surface area contributed by atoms with Crippen molar-refractivity contribution in [1.82, 2.24) is 10.2 Å². The number of hydrogen-bond acceptors (Lipinski definition) is 4. The van der Waals surface area contributed by atoms with E-state index in [1.165, 1.54) is 30.7 Å². The summed E-state index contributed by atoms with van der Waals surface area (Å²) in [5.74, 6) is -0.792. The van der Waals surface area contributed by atoms with Gasteiger partial charge in [0, 0.05) is 17.0 Å². The van der Waals surface area contributed by atoms with Gasteiger partial charge in [0.15, 0.2) is 0 Å². The Morgan fingerprint density at radius 2 is 2.15 bits per heavy atom. The molecule has 0 aliphatic carbocycles. The van der Waals surface area contributed by atoms with Crippen LogP contribution in [-0.2, 0) is 0 Å². The number of methoxy groups -OCH3 is 1. The first kappa shape index (κ1) is 12.7. The minimum absolute atomic E-state index is 0.0496. The van der Waals surface area contributed by atoms with Crippen LogP contribution in [0.15, 0.2) is 28.4 Å². The van der Waals surface area contributed by atoms with E-state index in [9.17, 15) is 13.6 Å². The lowest BCUT2D eigenvalue weighted by Crippen LogP contribution is -2.09. The average Bonchev–Trinajstić information content (AvgIpc) is 2.83. The lowest BCUT2D eigenvalue weighted by Gasteiger charge is -2.08. The van der Waals surface area contributed by atoms with Crippen molar-refractivity contribution in [1.29, 1.82) is 0 Å². The van der Waals surface area contributed by atoms with Gasteiger partial charge in [0.2, 0.25) is 0 Å². The fourth-order valence-corrected chi connectivity index (χ4v) is 2.89. The lowest BCUT2D eigenvalue weighted by atomic mass is 10.1. The smallest absolute Gasteiger partial charge is 0.275 e. The molecule has 0 aliphatic heterocycles. The Labute approximate surface area is 115 Å². The zero-order valence-electron chi connectivity index (χ0n) is 10.2. The minimum Gasteiger partial charge on any atom is -0.496 e. The Kier molecular flexibility index (Phi) is 2.98. The van der Waals surface area contributed by atoms with Crippen molar-refractivity contribution in [3.8, 4) is 17.0 Å². The highest BCUT2D eigenvalue weighted by Crippen LogP contribution is 2.35. The second-order valence-electron chi connectivity index (χ2n) is 4.03. The summed E-state index contributed by atoms with van der Waals surface area (Å²) in [6.07, 6.45) is 0. The van der Waals surface area contributed by atoms with Gasteiger partial charge in [-0.1, -0.05) is 0 Å². The second kappa shape index (κ2) is 4.68. The number of ether oxygens (including phenoxy) is 1. The summed E-state index contributed by atoms with van der Waals surface area (Å²) in [5.41, 5.74) is 0.242. The molecule has 0 amide bonds. The number of fused-ring (bicyclic) bond motifs is 1. The molecule has 7 heteroatoms. The van der Waals surface area contributed by atoms with Crippen molar-refractivity contribution in [2.45, 2.75) is 0 Å². The van der Waals surface area contributed by atoms with Gasteiger partial charge in [-0.2, -0.15) is 5.10 Å². The van der Waals surface area contributed by atoms with Gasteiger partial charge in [0.05, 0.1) is 17.2 Å². The first-order valence-electron chi connectivity index (χ1n) is 5.61. The van der Waals surface area contributed by atoms with Crippen LogP contribution in [0.1, 0.15) is 0 Å². The van der Waals surface area contributed by atoms with Crippen molar-refractivity contribution in [2.75, 3.05) is 7.11 Å². The van der Waals surface area contributed by atoms with Crippen molar-refractivity contribution in [3.05, 3.63) is 45.6 Å². The first-order valence-corrected chi connectivity index (χ1v) is 6.49. The van der Waals surface area contributed by atoms with Gasteiger partial charge in [-0.15, -0.1) is 11.3 Å². The highest BCUT2D eigenvalue weighted by molar-refractivity contribution is 7.17. The molecule has 1 aromatic carbocycles. The molecule has 0 bridgehead atoms. The Balaban J connectivity index is 2.36. The molecule has 0 unspecified atom stereocenters. The monoisotopic (exact) mass is 294 g/mol. The molecule has 0 saturated heterocycles. The number of aromatic amines is 1. The summed E-state index contributed by atoms with van der Waals surface area (Å²) in [6, 6.07) is 3.93. The number of halogens is 2. The number of hydrogen-bond donors (Lipinski definition) is 1. The van der Waals surface area contributed by atoms with E-state index in [-0.39, 0.29) is 11.1 Å². The largest absolute Gasteiger partial charge is 0.496 e. The summed E-state index contributed by atoms with van der Waals surface area (Å²) in [6.45, 7) is 0. The van der Waals surface area contributed by atoms with Crippen LogP contribution in [0.3, 0.4) is 0 Å². The van der Waals surface area contributed by atoms with Crippen LogP contribution in [0.5, 0.6) is 5.75 Å². The quantitative estimate of drug-likeness (QED) is 0.790. The summed E-state index contributed by atoms with van der Waals surface area (Å²) in [5, 5.41) is 7.37. The summed E-state index contributed by atoms with van der Waals surface area (Å²) in [7, 11) is 1.40. The van der Waals surface area contributed by atoms with Gasteiger partial charge in [0.1, 0.15) is 23.1 Å². The molecular formula is C13H8F2N2O2S. The second-order valence-corrected chi connectivity index (χ2v) is 4.91. The molecular weight excluding hydrogens is 286 g/mol. The summed E-state index contributed by atoms with van der Waals surface area (Å²) >= 11 is 1.07. The number of thiophene rings is 1. The number of rotatable bonds is 2. The van der Waals surface area contributed by atoms with Gasteiger partial charge in [-0.05, 0) is 12.1 Å². The first-order chi connectivity index (χ1) is 9.61. The SMILES string of the molecule is COc1cc(F)ccc1-c1n[nH]c(=O)c2c(F)csc12. The molecule has 0 atom stereocenters.